The van der Waals surface area contributed by atoms with E-state index in [9.17, 15) is 0 Å². The largest absolute Gasteiger partial charge is 0.500 e. The normalized spacial score (nSPS) is 13.9. The molecule has 1 atom stereocenters. The third kappa shape index (κ3) is 6.46. The summed E-state index contributed by atoms with van der Waals surface area (Å²) in [6, 6.07) is 1.10. The Bertz CT molecular complexity index is 174. The van der Waals surface area contributed by atoms with Crippen molar-refractivity contribution in [2.75, 3.05) is 41.0 Å². The maximum atomic E-state index is 5.68. The van der Waals surface area contributed by atoms with E-state index in [1.807, 2.05) is 0 Å². The van der Waals surface area contributed by atoms with E-state index in [0.29, 0.717) is 19.1 Å². The van der Waals surface area contributed by atoms with E-state index >= 15 is 0 Å². The molecule has 0 heterocycles. The molecule has 0 fully saturated rings. The summed E-state index contributed by atoms with van der Waals surface area (Å²) in [4.78, 5) is 0. The lowest BCUT2D eigenvalue weighted by Crippen LogP contribution is -2.43. The van der Waals surface area contributed by atoms with Crippen molar-refractivity contribution in [3.05, 3.63) is 0 Å². The van der Waals surface area contributed by atoms with Crippen LogP contribution >= 0.6 is 0 Å². The van der Waals surface area contributed by atoms with Gasteiger partial charge in [-0.2, -0.15) is 0 Å². The van der Waals surface area contributed by atoms with Crippen molar-refractivity contribution in [3.8, 4) is 0 Å². The van der Waals surface area contributed by atoms with E-state index in [0.717, 1.165) is 25.4 Å². The average Bonchev–Trinajstić information content (AvgIpc) is 2.39. The van der Waals surface area contributed by atoms with Crippen molar-refractivity contribution in [3.63, 3.8) is 0 Å². The minimum atomic E-state index is -2.42. The van der Waals surface area contributed by atoms with E-state index in [1.165, 1.54) is 0 Å². The van der Waals surface area contributed by atoms with Crippen molar-refractivity contribution in [2.24, 2.45) is 11.5 Å². The molecule has 6 nitrogen and oxygen atoms in total. The van der Waals surface area contributed by atoms with Crippen LogP contribution in [0.3, 0.4) is 0 Å². The second kappa shape index (κ2) is 9.95. The van der Waals surface area contributed by atoms with Gasteiger partial charge in [0.2, 0.25) is 0 Å². The first kappa shape index (κ1) is 17.0. The number of nitrogens with two attached hydrogens (primary N) is 2. The van der Waals surface area contributed by atoms with Gasteiger partial charge in [-0.05, 0) is 12.8 Å². The van der Waals surface area contributed by atoms with Crippen LogP contribution in [0.2, 0.25) is 6.04 Å². The average molecular weight is 265 g/mol. The van der Waals surface area contributed by atoms with E-state index < -0.39 is 8.80 Å². The predicted molar refractivity (Wildman–Crippen MR) is 70.7 cm³/mol. The number of hydrogen-bond donors (Lipinski definition) is 3. The molecule has 0 aliphatic heterocycles. The number of rotatable bonds is 11. The summed E-state index contributed by atoms with van der Waals surface area (Å²) in [5, 5.41) is 3.30. The second-order valence-electron chi connectivity index (χ2n) is 3.86. The van der Waals surface area contributed by atoms with Gasteiger partial charge in [-0.25, -0.2) is 0 Å². The van der Waals surface area contributed by atoms with Crippen molar-refractivity contribution in [2.45, 2.75) is 24.9 Å². The van der Waals surface area contributed by atoms with Gasteiger partial charge in [-0.15, -0.1) is 0 Å². The molecule has 0 aliphatic rings. The van der Waals surface area contributed by atoms with E-state index in [-0.39, 0.29) is 0 Å². The first-order valence-electron chi connectivity index (χ1n) is 5.97. The fourth-order valence-corrected chi connectivity index (χ4v) is 3.46. The van der Waals surface area contributed by atoms with Gasteiger partial charge in [-0.1, -0.05) is 0 Å². The Labute approximate surface area is 105 Å². The highest BCUT2D eigenvalue weighted by molar-refractivity contribution is 6.60. The van der Waals surface area contributed by atoms with Crippen LogP contribution in [0.4, 0.5) is 0 Å². The molecule has 0 saturated carbocycles. The molecule has 5 N–H and O–H groups in total. The summed E-state index contributed by atoms with van der Waals surface area (Å²) in [5.41, 5.74) is 11.1. The Hall–Kier alpha value is -0.0231. The minimum absolute atomic E-state index is 0.302. The highest BCUT2D eigenvalue weighted by Crippen LogP contribution is 2.16. The Kier molecular flexibility index (Phi) is 9.94. The van der Waals surface area contributed by atoms with Crippen LogP contribution in [0.25, 0.3) is 0 Å². The van der Waals surface area contributed by atoms with Gasteiger partial charge in [0.15, 0.2) is 0 Å². The zero-order valence-corrected chi connectivity index (χ0v) is 12.2. The predicted octanol–water partition coefficient (Wildman–Crippen LogP) is -0.480. The molecule has 0 bridgehead atoms. The molecule has 0 rings (SSSR count). The third-order valence-electron chi connectivity index (χ3n) is 2.83. The smallest absolute Gasteiger partial charge is 0.377 e. The van der Waals surface area contributed by atoms with Gasteiger partial charge in [0, 0.05) is 53.0 Å². The molecule has 0 spiro atoms. The number of hydrogen-bond acceptors (Lipinski definition) is 6. The van der Waals surface area contributed by atoms with Crippen LogP contribution in [0.1, 0.15) is 12.8 Å². The molecule has 0 saturated heterocycles. The minimum Gasteiger partial charge on any atom is -0.377 e. The fourth-order valence-electron chi connectivity index (χ4n) is 1.71. The Morgan fingerprint density at radius 1 is 1.12 bits per heavy atom. The fraction of sp³-hybridized carbons (Fsp3) is 1.00. The molecular weight excluding hydrogens is 238 g/mol. The van der Waals surface area contributed by atoms with E-state index in [1.54, 1.807) is 21.3 Å². The molecule has 104 valence electrons. The summed E-state index contributed by atoms with van der Waals surface area (Å²) in [5.74, 6) is 0. The Morgan fingerprint density at radius 2 is 1.71 bits per heavy atom. The lowest BCUT2D eigenvalue weighted by molar-refractivity contribution is 0.122. The molecule has 1 unspecified atom stereocenters. The van der Waals surface area contributed by atoms with Crippen LogP contribution in [-0.2, 0) is 13.3 Å². The summed E-state index contributed by atoms with van der Waals surface area (Å²) >= 11 is 0. The maximum Gasteiger partial charge on any atom is 0.500 e. The first-order valence-corrected chi connectivity index (χ1v) is 7.90. The van der Waals surface area contributed by atoms with Gasteiger partial charge in [0.25, 0.3) is 0 Å². The molecule has 17 heavy (non-hydrogen) atoms. The van der Waals surface area contributed by atoms with Crippen LogP contribution in [0, 0.1) is 0 Å². The van der Waals surface area contributed by atoms with E-state index in [4.69, 9.17) is 24.7 Å². The Morgan fingerprint density at radius 3 is 2.12 bits per heavy atom. The molecule has 7 heteroatoms. The topological polar surface area (TPSA) is 91.8 Å². The van der Waals surface area contributed by atoms with Crippen molar-refractivity contribution in [1.82, 2.24) is 5.32 Å². The summed E-state index contributed by atoms with van der Waals surface area (Å²) in [6.07, 6.45) is 1.93. The van der Waals surface area contributed by atoms with Gasteiger partial charge < -0.3 is 30.1 Å². The monoisotopic (exact) mass is 265 g/mol. The molecule has 0 radical (unpaired) electrons. The van der Waals surface area contributed by atoms with Gasteiger partial charge in [-0.3, -0.25) is 0 Å². The van der Waals surface area contributed by atoms with Crippen LogP contribution in [0.15, 0.2) is 0 Å². The molecule has 0 aromatic carbocycles. The van der Waals surface area contributed by atoms with Gasteiger partial charge >= 0.3 is 8.80 Å². The molecule has 0 aromatic heterocycles. The highest BCUT2D eigenvalue weighted by atomic mass is 28.4. The second-order valence-corrected chi connectivity index (χ2v) is 6.95. The lowest BCUT2D eigenvalue weighted by atomic mass is 10.1. The molecule has 0 amide bonds. The van der Waals surface area contributed by atoms with Crippen LogP contribution in [-0.4, -0.2) is 55.8 Å². The van der Waals surface area contributed by atoms with Gasteiger partial charge in [0.05, 0.1) is 0 Å². The first-order chi connectivity index (χ1) is 8.17. The van der Waals surface area contributed by atoms with E-state index in [2.05, 4.69) is 5.32 Å². The van der Waals surface area contributed by atoms with Crippen LogP contribution in [0.5, 0.6) is 0 Å². The summed E-state index contributed by atoms with van der Waals surface area (Å²) < 4.78 is 16.1. The zero-order chi connectivity index (χ0) is 13.1. The van der Waals surface area contributed by atoms with Crippen LogP contribution < -0.4 is 16.8 Å². The molecular formula is C10H27N3O3Si. The Balaban J connectivity index is 3.92. The lowest BCUT2D eigenvalue weighted by Gasteiger charge is -2.25. The standard InChI is InChI=1S/C10H27N3O3Si/c1-14-17(15-2,16-3)8-4-5-10(9-12)13-7-6-11/h10,13H,4-9,11-12H2,1-3H3. The molecule has 0 aromatic rings. The highest BCUT2D eigenvalue weighted by Gasteiger charge is 2.36. The van der Waals surface area contributed by atoms with Crippen molar-refractivity contribution >= 4 is 8.80 Å². The number of nitrogens with one attached hydrogen (secondary N) is 1. The van der Waals surface area contributed by atoms with Crippen molar-refractivity contribution < 1.29 is 13.3 Å². The summed E-state index contributed by atoms with van der Waals surface area (Å²) in [6.45, 7) is 2.04. The van der Waals surface area contributed by atoms with Crippen molar-refractivity contribution in [1.29, 1.82) is 0 Å². The SMILES string of the molecule is CO[Si](CCCC(CN)NCCN)(OC)OC. The maximum absolute atomic E-state index is 5.68. The van der Waals surface area contributed by atoms with Gasteiger partial charge in [0.1, 0.15) is 0 Å². The molecule has 0 aliphatic carbocycles. The third-order valence-corrected chi connectivity index (χ3v) is 5.66. The summed E-state index contributed by atoms with van der Waals surface area (Å²) in [7, 11) is 2.47. The quantitative estimate of drug-likeness (QED) is 0.437. The zero-order valence-electron chi connectivity index (χ0n) is 11.2.